The Bertz CT molecular complexity index is 1060. The van der Waals surface area contributed by atoms with Gasteiger partial charge in [0.2, 0.25) is 5.95 Å². The summed E-state index contributed by atoms with van der Waals surface area (Å²) >= 11 is 0. The zero-order chi connectivity index (χ0) is 19.9. The predicted molar refractivity (Wildman–Crippen MR) is 98.1 cm³/mol. The quantitative estimate of drug-likeness (QED) is 0.687. The van der Waals surface area contributed by atoms with Gasteiger partial charge in [0.05, 0.1) is 16.9 Å². The van der Waals surface area contributed by atoms with Crippen LogP contribution >= 0.6 is 0 Å². The number of aryl methyl sites for hydroxylation is 1. The lowest BCUT2D eigenvalue weighted by Gasteiger charge is -2.27. The fraction of sp³-hybridized carbons (Fsp3) is 0.368. The van der Waals surface area contributed by atoms with Crippen LogP contribution in [0.5, 0.6) is 0 Å². The highest BCUT2D eigenvalue weighted by Crippen LogP contribution is 2.34. The molecular weight excluding hydrogens is 371 g/mol. The third-order valence-electron chi connectivity index (χ3n) is 4.80. The maximum atomic E-state index is 13.2. The summed E-state index contributed by atoms with van der Waals surface area (Å²) in [5.74, 6) is 0.525. The maximum absolute atomic E-state index is 13.2. The van der Waals surface area contributed by atoms with Gasteiger partial charge in [-0.2, -0.15) is 13.2 Å². The largest absolute Gasteiger partial charge is 0.406 e. The van der Waals surface area contributed by atoms with Gasteiger partial charge in [-0.05, 0) is 37.5 Å². The van der Waals surface area contributed by atoms with Crippen molar-refractivity contribution in [2.75, 3.05) is 11.4 Å². The summed E-state index contributed by atoms with van der Waals surface area (Å²) < 4.78 is 40.4. The lowest BCUT2D eigenvalue weighted by atomic mass is 10.1. The van der Waals surface area contributed by atoms with E-state index in [2.05, 4.69) is 15.0 Å². The molecule has 0 spiro atoms. The summed E-state index contributed by atoms with van der Waals surface area (Å²) in [4.78, 5) is 27.7. The Morgan fingerprint density at radius 2 is 1.89 bits per heavy atom. The second kappa shape index (κ2) is 6.88. The third-order valence-corrected chi connectivity index (χ3v) is 4.80. The van der Waals surface area contributed by atoms with Gasteiger partial charge in [0.15, 0.2) is 0 Å². The summed E-state index contributed by atoms with van der Waals surface area (Å²) in [5, 5.41) is 0.173. The van der Waals surface area contributed by atoms with Crippen LogP contribution in [0.1, 0.15) is 30.3 Å². The molecule has 2 aromatic heterocycles. The molecule has 3 heterocycles. The van der Waals surface area contributed by atoms with Gasteiger partial charge < -0.3 is 4.90 Å². The van der Waals surface area contributed by atoms with Crippen LogP contribution in [0.25, 0.3) is 10.9 Å². The average molecular weight is 389 g/mol. The molecule has 1 fully saturated rings. The Labute approximate surface area is 158 Å². The van der Waals surface area contributed by atoms with E-state index in [9.17, 15) is 18.0 Å². The molecule has 1 unspecified atom stereocenters. The SMILES string of the molecule is Cc1cnc(N2CCCC2c2nc3ccccc3c(=O)n2CC(F)(F)F)nc1. The molecule has 1 aliphatic rings. The number of benzene rings is 1. The van der Waals surface area contributed by atoms with Crippen LogP contribution in [0.15, 0.2) is 41.5 Å². The lowest BCUT2D eigenvalue weighted by Crippen LogP contribution is -2.36. The molecule has 1 atom stereocenters. The normalized spacial score (nSPS) is 17.4. The topological polar surface area (TPSA) is 63.9 Å². The minimum Gasteiger partial charge on any atom is -0.331 e. The van der Waals surface area contributed by atoms with Crippen molar-refractivity contribution in [2.45, 2.75) is 38.5 Å². The number of anilines is 1. The summed E-state index contributed by atoms with van der Waals surface area (Å²) in [6.07, 6.45) is 0.103. The zero-order valence-electron chi connectivity index (χ0n) is 15.1. The molecule has 0 N–H and O–H groups in total. The highest BCUT2D eigenvalue weighted by molar-refractivity contribution is 5.77. The first kappa shape index (κ1) is 18.4. The van der Waals surface area contributed by atoms with E-state index in [4.69, 9.17) is 0 Å². The van der Waals surface area contributed by atoms with E-state index >= 15 is 0 Å². The summed E-state index contributed by atoms with van der Waals surface area (Å²) in [7, 11) is 0. The molecule has 9 heteroatoms. The van der Waals surface area contributed by atoms with Gasteiger partial charge in [0.1, 0.15) is 12.4 Å². The first-order valence-electron chi connectivity index (χ1n) is 8.95. The van der Waals surface area contributed by atoms with E-state index in [0.29, 0.717) is 24.4 Å². The van der Waals surface area contributed by atoms with E-state index in [1.54, 1.807) is 30.6 Å². The van der Waals surface area contributed by atoms with Crippen molar-refractivity contribution in [2.24, 2.45) is 0 Å². The Balaban J connectivity index is 1.87. The second-order valence-electron chi connectivity index (χ2n) is 6.91. The van der Waals surface area contributed by atoms with Crippen LogP contribution in [0.2, 0.25) is 0 Å². The van der Waals surface area contributed by atoms with Crippen molar-refractivity contribution < 1.29 is 13.2 Å². The second-order valence-corrected chi connectivity index (χ2v) is 6.91. The number of rotatable bonds is 3. The molecule has 0 radical (unpaired) electrons. The van der Waals surface area contributed by atoms with Crippen LogP contribution in [0, 0.1) is 6.92 Å². The van der Waals surface area contributed by atoms with E-state index in [-0.39, 0.29) is 11.2 Å². The van der Waals surface area contributed by atoms with Crippen molar-refractivity contribution in [3.8, 4) is 0 Å². The predicted octanol–water partition coefficient (Wildman–Crippen LogP) is 3.40. The molecule has 28 heavy (non-hydrogen) atoms. The Morgan fingerprint density at radius 3 is 2.61 bits per heavy atom. The van der Waals surface area contributed by atoms with E-state index in [1.807, 2.05) is 11.8 Å². The monoisotopic (exact) mass is 389 g/mol. The van der Waals surface area contributed by atoms with Gasteiger partial charge >= 0.3 is 6.18 Å². The number of hydrogen-bond donors (Lipinski definition) is 0. The van der Waals surface area contributed by atoms with Gasteiger partial charge in [-0.3, -0.25) is 9.36 Å². The highest BCUT2D eigenvalue weighted by Gasteiger charge is 2.36. The van der Waals surface area contributed by atoms with Gasteiger partial charge in [0, 0.05) is 18.9 Å². The lowest BCUT2D eigenvalue weighted by molar-refractivity contribution is -0.141. The van der Waals surface area contributed by atoms with Crippen LogP contribution < -0.4 is 10.5 Å². The van der Waals surface area contributed by atoms with Crippen LogP contribution in [0.4, 0.5) is 19.1 Å². The van der Waals surface area contributed by atoms with Crippen LogP contribution in [-0.2, 0) is 6.54 Å². The fourth-order valence-corrected chi connectivity index (χ4v) is 3.58. The van der Waals surface area contributed by atoms with Gasteiger partial charge in [-0.15, -0.1) is 0 Å². The fourth-order valence-electron chi connectivity index (χ4n) is 3.58. The molecule has 3 aromatic rings. The van der Waals surface area contributed by atoms with Crippen molar-refractivity contribution in [1.29, 1.82) is 0 Å². The molecule has 0 aliphatic carbocycles. The van der Waals surface area contributed by atoms with Crippen molar-refractivity contribution in [1.82, 2.24) is 19.5 Å². The molecule has 0 bridgehead atoms. The minimum atomic E-state index is -4.54. The Morgan fingerprint density at radius 1 is 1.18 bits per heavy atom. The standard InChI is InChI=1S/C19H18F3N5O/c1-12-9-23-18(24-10-12)26-8-4-7-15(26)16-25-14-6-3-2-5-13(14)17(28)27(16)11-19(20,21)22/h2-3,5-6,9-10,15H,4,7-8,11H2,1H3. The number of nitrogens with zero attached hydrogens (tertiary/aromatic N) is 5. The first-order chi connectivity index (χ1) is 13.3. The molecule has 0 saturated carbocycles. The number of halogens is 3. The number of alkyl halides is 3. The van der Waals surface area contributed by atoms with E-state index in [1.165, 1.54) is 6.07 Å². The van der Waals surface area contributed by atoms with Crippen molar-refractivity contribution in [3.63, 3.8) is 0 Å². The Kier molecular flexibility index (Phi) is 4.52. The Hall–Kier alpha value is -2.97. The zero-order valence-corrected chi connectivity index (χ0v) is 15.1. The smallest absolute Gasteiger partial charge is 0.331 e. The van der Waals surface area contributed by atoms with Gasteiger partial charge in [-0.25, -0.2) is 15.0 Å². The molecule has 4 rings (SSSR count). The number of para-hydroxylation sites is 1. The first-order valence-corrected chi connectivity index (χ1v) is 8.95. The number of aromatic nitrogens is 4. The summed E-state index contributed by atoms with van der Waals surface area (Å²) in [6, 6.07) is 5.96. The van der Waals surface area contributed by atoms with Gasteiger partial charge in [0.25, 0.3) is 5.56 Å². The highest BCUT2D eigenvalue weighted by atomic mass is 19.4. The number of hydrogen-bond acceptors (Lipinski definition) is 5. The third kappa shape index (κ3) is 3.44. The molecule has 1 saturated heterocycles. The molecule has 6 nitrogen and oxygen atoms in total. The molecule has 1 aromatic carbocycles. The van der Waals surface area contributed by atoms with E-state index in [0.717, 1.165) is 16.6 Å². The minimum absolute atomic E-state index is 0.0997. The van der Waals surface area contributed by atoms with Crippen molar-refractivity contribution in [3.05, 3.63) is 58.4 Å². The van der Waals surface area contributed by atoms with Crippen LogP contribution in [0.3, 0.4) is 0 Å². The number of fused-ring (bicyclic) bond motifs is 1. The molecule has 1 aliphatic heterocycles. The molecule has 0 amide bonds. The molecule has 146 valence electrons. The van der Waals surface area contributed by atoms with Crippen molar-refractivity contribution >= 4 is 16.9 Å². The van der Waals surface area contributed by atoms with E-state index < -0.39 is 24.3 Å². The summed E-state index contributed by atoms with van der Waals surface area (Å²) in [6.45, 7) is 1.07. The van der Waals surface area contributed by atoms with Crippen LogP contribution in [-0.4, -0.2) is 32.2 Å². The summed E-state index contributed by atoms with van der Waals surface area (Å²) in [5.41, 5.74) is 0.588. The maximum Gasteiger partial charge on any atom is 0.406 e. The average Bonchev–Trinajstić information content (AvgIpc) is 3.13. The van der Waals surface area contributed by atoms with Gasteiger partial charge in [-0.1, -0.05) is 12.1 Å². The molecular formula is C19H18F3N5O.